The van der Waals surface area contributed by atoms with Crippen molar-refractivity contribution in [3.05, 3.63) is 24.8 Å². The van der Waals surface area contributed by atoms with Crippen LogP contribution in [0.5, 0.6) is 0 Å². The monoisotopic (exact) mass is 210 g/mol. The lowest BCUT2D eigenvalue weighted by atomic mass is 10.1. The summed E-state index contributed by atoms with van der Waals surface area (Å²) >= 11 is 0. The molecule has 0 fully saturated rings. The van der Waals surface area contributed by atoms with E-state index in [1.807, 2.05) is 6.08 Å². The third kappa shape index (κ3) is 4.79. The van der Waals surface area contributed by atoms with Gasteiger partial charge in [0.05, 0.1) is 18.8 Å². The van der Waals surface area contributed by atoms with E-state index in [4.69, 9.17) is 9.47 Å². The first-order valence-electron chi connectivity index (χ1n) is 5.28. The Bertz CT molecular complexity index is 245. The van der Waals surface area contributed by atoms with Crippen molar-refractivity contribution in [1.82, 2.24) is 0 Å². The van der Waals surface area contributed by atoms with Crippen LogP contribution in [0.25, 0.3) is 0 Å². The SMILES string of the molecule is C=CC[C@H]1C=CC[C@H](CCOC(C)=O)O1. The predicted octanol–water partition coefficient (Wildman–Crippen LogP) is 2.23. The van der Waals surface area contributed by atoms with E-state index < -0.39 is 0 Å². The molecule has 0 saturated carbocycles. The summed E-state index contributed by atoms with van der Waals surface area (Å²) in [7, 11) is 0. The maximum atomic E-state index is 10.6. The molecule has 0 aromatic rings. The fraction of sp³-hybridized carbons (Fsp3) is 0.583. The van der Waals surface area contributed by atoms with Crippen molar-refractivity contribution in [3.8, 4) is 0 Å². The molecule has 1 aliphatic heterocycles. The molecule has 0 amide bonds. The Labute approximate surface area is 90.8 Å². The molecule has 0 aromatic carbocycles. The number of rotatable bonds is 5. The zero-order valence-electron chi connectivity index (χ0n) is 9.15. The van der Waals surface area contributed by atoms with Crippen molar-refractivity contribution < 1.29 is 14.3 Å². The molecule has 3 nitrogen and oxygen atoms in total. The maximum Gasteiger partial charge on any atom is 0.302 e. The quantitative estimate of drug-likeness (QED) is 0.515. The lowest BCUT2D eigenvalue weighted by Gasteiger charge is -2.25. The van der Waals surface area contributed by atoms with Gasteiger partial charge in [0, 0.05) is 13.3 Å². The van der Waals surface area contributed by atoms with E-state index in [2.05, 4.69) is 18.7 Å². The summed E-state index contributed by atoms with van der Waals surface area (Å²) in [6, 6.07) is 0. The Morgan fingerprint density at radius 1 is 1.73 bits per heavy atom. The van der Waals surface area contributed by atoms with Gasteiger partial charge < -0.3 is 9.47 Å². The van der Waals surface area contributed by atoms with Gasteiger partial charge in [-0.25, -0.2) is 0 Å². The number of hydrogen-bond donors (Lipinski definition) is 0. The van der Waals surface area contributed by atoms with Crippen LogP contribution in [0.3, 0.4) is 0 Å². The summed E-state index contributed by atoms with van der Waals surface area (Å²) < 4.78 is 10.6. The van der Waals surface area contributed by atoms with Crippen LogP contribution in [-0.2, 0) is 14.3 Å². The van der Waals surface area contributed by atoms with Gasteiger partial charge in [-0.05, 0) is 12.8 Å². The molecule has 0 unspecified atom stereocenters. The van der Waals surface area contributed by atoms with Gasteiger partial charge in [-0.1, -0.05) is 18.2 Å². The first-order valence-corrected chi connectivity index (χ1v) is 5.28. The van der Waals surface area contributed by atoms with Crippen LogP contribution in [0.15, 0.2) is 24.8 Å². The summed E-state index contributed by atoms with van der Waals surface area (Å²) in [4.78, 5) is 10.6. The molecule has 0 saturated heterocycles. The molecular weight excluding hydrogens is 192 g/mol. The van der Waals surface area contributed by atoms with Crippen molar-refractivity contribution in [3.63, 3.8) is 0 Å². The minimum atomic E-state index is -0.232. The fourth-order valence-electron chi connectivity index (χ4n) is 1.55. The molecular formula is C12H18O3. The predicted molar refractivity (Wildman–Crippen MR) is 58.5 cm³/mol. The lowest BCUT2D eigenvalue weighted by Crippen LogP contribution is -2.25. The van der Waals surface area contributed by atoms with Gasteiger partial charge in [0.1, 0.15) is 0 Å². The van der Waals surface area contributed by atoms with Crippen LogP contribution >= 0.6 is 0 Å². The first-order chi connectivity index (χ1) is 7.22. The Morgan fingerprint density at radius 2 is 2.53 bits per heavy atom. The van der Waals surface area contributed by atoms with E-state index in [0.717, 1.165) is 19.3 Å². The summed E-state index contributed by atoms with van der Waals surface area (Å²) in [5, 5.41) is 0. The highest BCUT2D eigenvalue weighted by Gasteiger charge is 2.17. The molecule has 0 radical (unpaired) electrons. The molecule has 15 heavy (non-hydrogen) atoms. The zero-order valence-corrected chi connectivity index (χ0v) is 9.15. The molecule has 0 aliphatic carbocycles. The van der Waals surface area contributed by atoms with Crippen molar-refractivity contribution in [2.45, 2.75) is 38.4 Å². The van der Waals surface area contributed by atoms with Crippen molar-refractivity contribution in [1.29, 1.82) is 0 Å². The highest BCUT2D eigenvalue weighted by molar-refractivity contribution is 5.65. The van der Waals surface area contributed by atoms with Crippen LogP contribution < -0.4 is 0 Å². The maximum absolute atomic E-state index is 10.6. The van der Waals surface area contributed by atoms with E-state index in [9.17, 15) is 4.79 Å². The average molecular weight is 210 g/mol. The summed E-state index contributed by atoms with van der Waals surface area (Å²) in [6.45, 7) is 5.54. The van der Waals surface area contributed by atoms with E-state index >= 15 is 0 Å². The molecule has 84 valence electrons. The molecule has 0 aromatic heterocycles. The zero-order chi connectivity index (χ0) is 11.1. The Hall–Kier alpha value is -1.09. The van der Waals surface area contributed by atoms with Gasteiger partial charge >= 0.3 is 5.97 Å². The molecule has 0 bridgehead atoms. The van der Waals surface area contributed by atoms with Gasteiger partial charge in [-0.3, -0.25) is 4.79 Å². The average Bonchev–Trinajstić information content (AvgIpc) is 2.18. The van der Waals surface area contributed by atoms with Gasteiger partial charge in [0.25, 0.3) is 0 Å². The van der Waals surface area contributed by atoms with Gasteiger partial charge in [-0.15, -0.1) is 6.58 Å². The van der Waals surface area contributed by atoms with Gasteiger partial charge in [0.2, 0.25) is 0 Å². The van der Waals surface area contributed by atoms with E-state index in [-0.39, 0.29) is 18.2 Å². The Kier molecular flexibility index (Phi) is 5.12. The third-order valence-corrected chi connectivity index (χ3v) is 2.26. The topological polar surface area (TPSA) is 35.5 Å². The molecule has 0 N–H and O–H groups in total. The molecule has 1 aliphatic rings. The largest absolute Gasteiger partial charge is 0.466 e. The number of carbonyl (C=O) groups is 1. The van der Waals surface area contributed by atoms with E-state index in [1.165, 1.54) is 6.92 Å². The number of ether oxygens (including phenoxy) is 2. The second-order valence-corrected chi connectivity index (χ2v) is 3.61. The van der Waals surface area contributed by atoms with Crippen LogP contribution in [0, 0.1) is 0 Å². The lowest BCUT2D eigenvalue weighted by molar-refractivity contribution is -0.142. The van der Waals surface area contributed by atoms with Crippen LogP contribution in [-0.4, -0.2) is 24.8 Å². The molecule has 0 spiro atoms. The minimum Gasteiger partial charge on any atom is -0.466 e. The number of hydrogen-bond acceptors (Lipinski definition) is 3. The third-order valence-electron chi connectivity index (χ3n) is 2.26. The molecule has 2 atom stereocenters. The van der Waals surface area contributed by atoms with Gasteiger partial charge in [-0.2, -0.15) is 0 Å². The van der Waals surface area contributed by atoms with E-state index in [1.54, 1.807) is 0 Å². The summed E-state index contributed by atoms with van der Waals surface area (Å²) in [5.41, 5.74) is 0. The highest BCUT2D eigenvalue weighted by atomic mass is 16.5. The first kappa shape index (κ1) is 12.0. The standard InChI is InChI=1S/C12H18O3/c1-3-5-11-6-4-7-12(15-11)8-9-14-10(2)13/h3-4,6,11-12H,1,5,7-9H2,2H3/t11-,12+/m0/s1. The van der Waals surface area contributed by atoms with Crippen LogP contribution in [0.1, 0.15) is 26.2 Å². The molecule has 1 rings (SSSR count). The second kappa shape index (κ2) is 6.40. The summed E-state index contributed by atoms with van der Waals surface area (Å²) in [5.74, 6) is -0.232. The normalized spacial score (nSPS) is 24.9. The number of esters is 1. The molecule has 3 heteroatoms. The number of carbonyl (C=O) groups excluding carboxylic acids is 1. The highest BCUT2D eigenvalue weighted by Crippen LogP contribution is 2.17. The molecule has 1 heterocycles. The van der Waals surface area contributed by atoms with Crippen LogP contribution in [0.2, 0.25) is 0 Å². The Morgan fingerprint density at radius 3 is 3.20 bits per heavy atom. The van der Waals surface area contributed by atoms with Crippen molar-refractivity contribution in [2.24, 2.45) is 0 Å². The second-order valence-electron chi connectivity index (χ2n) is 3.61. The Balaban J connectivity index is 2.23. The van der Waals surface area contributed by atoms with E-state index in [0.29, 0.717) is 6.61 Å². The minimum absolute atomic E-state index is 0.138. The van der Waals surface area contributed by atoms with Crippen LogP contribution in [0.4, 0.5) is 0 Å². The van der Waals surface area contributed by atoms with Crippen molar-refractivity contribution in [2.75, 3.05) is 6.61 Å². The van der Waals surface area contributed by atoms with Crippen molar-refractivity contribution >= 4 is 5.97 Å². The van der Waals surface area contributed by atoms with Gasteiger partial charge in [0.15, 0.2) is 0 Å². The fourth-order valence-corrected chi connectivity index (χ4v) is 1.55. The smallest absolute Gasteiger partial charge is 0.302 e. The summed E-state index contributed by atoms with van der Waals surface area (Å²) in [6.07, 6.45) is 8.83.